The van der Waals surface area contributed by atoms with Crippen LogP contribution in [0.3, 0.4) is 0 Å². The number of benzene rings is 3. The third-order valence-electron chi connectivity index (χ3n) is 7.72. The Hall–Kier alpha value is -4.50. The van der Waals surface area contributed by atoms with Crippen molar-refractivity contribution >= 4 is 28.5 Å². The summed E-state index contributed by atoms with van der Waals surface area (Å²) in [5, 5.41) is 15.3. The Morgan fingerprint density at radius 2 is 1.62 bits per heavy atom. The lowest BCUT2D eigenvalue weighted by Crippen LogP contribution is -2.44. The van der Waals surface area contributed by atoms with E-state index in [0.29, 0.717) is 43.8 Å². The summed E-state index contributed by atoms with van der Waals surface area (Å²) in [5.74, 6) is -1.77. The molecule has 0 saturated carbocycles. The molecule has 1 saturated heterocycles. The molecule has 0 aliphatic carbocycles. The highest BCUT2D eigenvalue weighted by Gasteiger charge is 2.20. The average molecular weight is 571 g/mol. The maximum absolute atomic E-state index is 15.1. The van der Waals surface area contributed by atoms with E-state index in [2.05, 4.69) is 10.6 Å². The SMILES string of the molecule is CCn1cc(C(=O)NCCCc2ccc(-c3ccc(CC(=O)O)cc3)cc2)c(=O)c2cc(F)c(N3CCNCC3)cc21. The van der Waals surface area contributed by atoms with Crippen molar-refractivity contribution < 1.29 is 19.1 Å². The Morgan fingerprint density at radius 3 is 2.24 bits per heavy atom. The second-order valence-electron chi connectivity index (χ2n) is 10.5. The molecular formula is C33H35FN4O4. The fourth-order valence-corrected chi connectivity index (χ4v) is 5.41. The van der Waals surface area contributed by atoms with Gasteiger partial charge in [-0.15, -0.1) is 0 Å². The zero-order chi connectivity index (χ0) is 29.6. The van der Waals surface area contributed by atoms with Gasteiger partial charge < -0.3 is 25.2 Å². The van der Waals surface area contributed by atoms with E-state index in [1.807, 2.05) is 64.9 Å². The molecule has 8 nitrogen and oxygen atoms in total. The Bertz CT molecular complexity index is 1640. The van der Waals surface area contributed by atoms with E-state index in [1.54, 1.807) is 12.3 Å². The number of carboxylic acid groups (broad SMARTS) is 1. The third kappa shape index (κ3) is 6.52. The van der Waals surface area contributed by atoms with E-state index in [4.69, 9.17) is 5.11 Å². The van der Waals surface area contributed by atoms with Crippen molar-refractivity contribution in [3.05, 3.63) is 99.6 Å². The summed E-state index contributed by atoms with van der Waals surface area (Å²) in [7, 11) is 0. The Labute approximate surface area is 243 Å². The average Bonchev–Trinajstić information content (AvgIpc) is 3.00. The van der Waals surface area contributed by atoms with Gasteiger partial charge in [0.2, 0.25) is 5.43 Å². The standard InChI is InChI=1S/C33H35FN4O4/c1-2-37-21-27(32(41)26-19-28(34)30(20-29(26)37)38-16-14-35-15-17-38)33(42)36-13-3-4-22-5-9-24(10-6-22)25-11-7-23(8-12-25)18-31(39)40/h5-12,19-21,35H,2-4,13-18H2,1H3,(H,36,42)(H,39,40). The van der Waals surface area contributed by atoms with Crippen LogP contribution in [0.2, 0.25) is 0 Å². The Balaban J connectivity index is 1.21. The number of halogens is 1. The highest BCUT2D eigenvalue weighted by atomic mass is 19.1. The molecule has 2 heterocycles. The number of aromatic nitrogens is 1. The number of piperazine rings is 1. The van der Waals surface area contributed by atoms with Gasteiger partial charge in [-0.2, -0.15) is 0 Å². The van der Waals surface area contributed by atoms with Gasteiger partial charge in [0.1, 0.15) is 11.4 Å². The quantitative estimate of drug-likeness (QED) is 0.247. The number of pyridine rings is 1. The lowest BCUT2D eigenvalue weighted by molar-refractivity contribution is -0.136. The zero-order valence-corrected chi connectivity index (χ0v) is 23.7. The predicted molar refractivity (Wildman–Crippen MR) is 163 cm³/mol. The summed E-state index contributed by atoms with van der Waals surface area (Å²) in [4.78, 5) is 39.1. The lowest BCUT2D eigenvalue weighted by atomic mass is 10.0. The van der Waals surface area contributed by atoms with Crippen molar-refractivity contribution in [1.29, 1.82) is 0 Å². The van der Waals surface area contributed by atoms with Crippen LogP contribution in [0.25, 0.3) is 22.0 Å². The summed E-state index contributed by atoms with van der Waals surface area (Å²) in [6.45, 7) is 5.78. The van der Waals surface area contributed by atoms with E-state index < -0.39 is 23.1 Å². The van der Waals surface area contributed by atoms with Gasteiger partial charge in [-0.25, -0.2) is 4.39 Å². The monoisotopic (exact) mass is 570 g/mol. The van der Waals surface area contributed by atoms with Gasteiger partial charge in [0, 0.05) is 50.9 Å². The van der Waals surface area contributed by atoms with Gasteiger partial charge in [0.25, 0.3) is 5.91 Å². The first-order valence-electron chi connectivity index (χ1n) is 14.3. The van der Waals surface area contributed by atoms with Gasteiger partial charge >= 0.3 is 5.97 Å². The van der Waals surface area contributed by atoms with Crippen molar-refractivity contribution in [3.8, 4) is 11.1 Å². The molecule has 3 N–H and O–H groups in total. The van der Waals surface area contributed by atoms with Crippen molar-refractivity contribution in [2.75, 3.05) is 37.6 Å². The van der Waals surface area contributed by atoms with Gasteiger partial charge in [0.15, 0.2) is 0 Å². The molecule has 0 spiro atoms. The first kappa shape index (κ1) is 29.0. The van der Waals surface area contributed by atoms with Gasteiger partial charge in [-0.05, 0) is 54.2 Å². The number of nitrogens with one attached hydrogen (secondary N) is 2. The minimum absolute atomic E-state index is 0.00184. The number of aryl methyl sites for hydroxylation is 2. The number of aliphatic carboxylic acids is 1. The predicted octanol–water partition coefficient (Wildman–Crippen LogP) is 4.23. The van der Waals surface area contributed by atoms with Crippen molar-refractivity contribution in [2.24, 2.45) is 0 Å². The van der Waals surface area contributed by atoms with Crippen molar-refractivity contribution in [3.63, 3.8) is 0 Å². The molecule has 1 fully saturated rings. The van der Waals surface area contributed by atoms with E-state index in [1.165, 1.54) is 6.07 Å². The maximum Gasteiger partial charge on any atom is 0.307 e. The van der Waals surface area contributed by atoms with Crippen LogP contribution in [0, 0.1) is 5.82 Å². The molecule has 0 unspecified atom stereocenters. The van der Waals surface area contributed by atoms with Crippen LogP contribution in [0.5, 0.6) is 0 Å². The number of fused-ring (bicyclic) bond motifs is 1. The van der Waals surface area contributed by atoms with E-state index >= 15 is 4.39 Å². The highest BCUT2D eigenvalue weighted by Crippen LogP contribution is 2.26. The molecule has 4 aromatic rings. The molecule has 1 aliphatic rings. The smallest absolute Gasteiger partial charge is 0.307 e. The number of hydrogen-bond acceptors (Lipinski definition) is 5. The van der Waals surface area contributed by atoms with Crippen LogP contribution in [0.4, 0.5) is 10.1 Å². The minimum Gasteiger partial charge on any atom is -0.481 e. The first-order valence-corrected chi connectivity index (χ1v) is 14.3. The summed E-state index contributed by atoms with van der Waals surface area (Å²) in [6, 6.07) is 18.6. The summed E-state index contributed by atoms with van der Waals surface area (Å²) in [6.07, 6.45) is 3.01. The number of hydrogen-bond donors (Lipinski definition) is 3. The highest BCUT2D eigenvalue weighted by molar-refractivity contribution is 5.97. The van der Waals surface area contributed by atoms with E-state index in [9.17, 15) is 14.4 Å². The molecule has 0 radical (unpaired) electrons. The molecule has 5 rings (SSSR count). The van der Waals surface area contributed by atoms with Gasteiger partial charge in [-0.1, -0.05) is 48.5 Å². The number of rotatable bonds is 10. The Morgan fingerprint density at radius 1 is 0.976 bits per heavy atom. The zero-order valence-electron chi connectivity index (χ0n) is 23.7. The normalized spacial score (nSPS) is 13.3. The van der Waals surface area contributed by atoms with Crippen LogP contribution in [0.15, 0.2) is 71.7 Å². The molecule has 1 amide bonds. The molecule has 42 heavy (non-hydrogen) atoms. The van der Waals surface area contributed by atoms with Crippen LogP contribution in [-0.2, 0) is 24.2 Å². The summed E-state index contributed by atoms with van der Waals surface area (Å²) in [5.41, 5.74) is 4.56. The molecule has 1 aromatic heterocycles. The van der Waals surface area contributed by atoms with Crippen molar-refractivity contribution in [2.45, 2.75) is 32.7 Å². The van der Waals surface area contributed by atoms with Crippen LogP contribution < -0.4 is 21.0 Å². The fraction of sp³-hybridized carbons (Fsp3) is 0.303. The third-order valence-corrected chi connectivity index (χ3v) is 7.72. The molecule has 0 atom stereocenters. The van der Waals surface area contributed by atoms with Gasteiger partial charge in [0.05, 0.1) is 17.6 Å². The second kappa shape index (κ2) is 13.0. The largest absolute Gasteiger partial charge is 0.481 e. The molecule has 0 bridgehead atoms. The lowest BCUT2D eigenvalue weighted by Gasteiger charge is -2.30. The number of carbonyl (C=O) groups is 2. The topological polar surface area (TPSA) is 104 Å². The molecular weight excluding hydrogens is 535 g/mol. The van der Waals surface area contributed by atoms with Gasteiger partial charge in [-0.3, -0.25) is 14.4 Å². The minimum atomic E-state index is -0.853. The number of anilines is 1. The van der Waals surface area contributed by atoms with Crippen LogP contribution in [0.1, 0.15) is 34.8 Å². The Kier molecular flexibility index (Phi) is 8.97. The molecule has 3 aromatic carbocycles. The molecule has 1 aliphatic heterocycles. The molecule has 218 valence electrons. The fourth-order valence-electron chi connectivity index (χ4n) is 5.41. The maximum atomic E-state index is 15.1. The van der Waals surface area contributed by atoms with E-state index in [0.717, 1.165) is 41.8 Å². The first-order chi connectivity index (χ1) is 20.3. The second-order valence-corrected chi connectivity index (χ2v) is 10.5. The number of carboxylic acids is 1. The number of carbonyl (C=O) groups excluding carboxylic acids is 1. The number of amides is 1. The van der Waals surface area contributed by atoms with E-state index in [-0.39, 0.29) is 17.4 Å². The summed E-state index contributed by atoms with van der Waals surface area (Å²) >= 11 is 0. The van der Waals surface area contributed by atoms with Crippen LogP contribution in [-0.4, -0.2) is 54.3 Å². The van der Waals surface area contributed by atoms with Crippen molar-refractivity contribution in [1.82, 2.24) is 15.2 Å². The summed E-state index contributed by atoms with van der Waals surface area (Å²) < 4.78 is 16.9. The number of nitrogens with zero attached hydrogens (tertiary/aromatic N) is 2. The van der Waals surface area contributed by atoms with Crippen LogP contribution >= 0.6 is 0 Å². The molecule has 9 heteroatoms.